The molecule has 0 aliphatic heterocycles. The third-order valence-electron chi connectivity index (χ3n) is 1.98. The monoisotopic (exact) mass is 231 g/mol. The molecule has 0 heterocycles. The number of ether oxygens (including phenoxy) is 1. The number of hydrogen-bond donors (Lipinski definition) is 3. The van der Waals surface area contributed by atoms with Gasteiger partial charge in [-0.2, -0.15) is 0 Å². The minimum atomic E-state index is -0.407. The van der Waals surface area contributed by atoms with Gasteiger partial charge < -0.3 is 20.3 Å². The highest BCUT2D eigenvalue weighted by Crippen LogP contribution is 2.26. The van der Waals surface area contributed by atoms with E-state index in [9.17, 15) is 0 Å². The molecule has 0 saturated carbocycles. The lowest BCUT2D eigenvalue weighted by Gasteiger charge is -2.16. The van der Waals surface area contributed by atoms with Crippen LogP contribution in [0.25, 0.3) is 0 Å². The van der Waals surface area contributed by atoms with E-state index in [-0.39, 0.29) is 13.2 Å². The third kappa shape index (κ3) is 3.27. The minimum Gasteiger partial charge on any atom is -0.497 e. The molecule has 84 valence electrons. The molecule has 0 atom stereocenters. The van der Waals surface area contributed by atoms with Crippen molar-refractivity contribution in [1.82, 2.24) is 0 Å². The maximum atomic E-state index is 8.89. The van der Waals surface area contributed by atoms with Gasteiger partial charge in [0.05, 0.1) is 37.1 Å². The molecular formula is C10H14ClNO3. The van der Waals surface area contributed by atoms with Crippen molar-refractivity contribution in [3.63, 3.8) is 0 Å². The number of aliphatic hydroxyl groups excluding tert-OH is 2. The first-order valence-electron chi connectivity index (χ1n) is 4.53. The smallest absolute Gasteiger partial charge is 0.120 e. The fourth-order valence-electron chi connectivity index (χ4n) is 1.11. The van der Waals surface area contributed by atoms with E-state index in [0.717, 1.165) is 0 Å². The summed E-state index contributed by atoms with van der Waals surface area (Å²) in [6.45, 7) is -0.308. The molecule has 0 saturated heterocycles. The number of halogens is 1. The molecule has 15 heavy (non-hydrogen) atoms. The normalized spacial score (nSPS) is 10.5. The predicted octanol–water partition coefficient (Wildman–Crippen LogP) is 1.11. The van der Waals surface area contributed by atoms with Gasteiger partial charge in [0.2, 0.25) is 0 Å². The molecule has 0 aliphatic carbocycles. The quantitative estimate of drug-likeness (QED) is 0.711. The Labute approximate surface area is 93.4 Å². The van der Waals surface area contributed by atoms with E-state index in [1.54, 1.807) is 25.3 Å². The Balaban J connectivity index is 2.77. The molecule has 4 nitrogen and oxygen atoms in total. The van der Waals surface area contributed by atoms with Gasteiger partial charge in [0.1, 0.15) is 5.75 Å². The second-order valence-corrected chi connectivity index (χ2v) is 3.46. The summed E-state index contributed by atoms with van der Waals surface area (Å²) in [5.74, 6) is 0.662. The largest absolute Gasteiger partial charge is 0.497 e. The van der Waals surface area contributed by atoms with Gasteiger partial charge in [0.15, 0.2) is 0 Å². The molecule has 3 N–H and O–H groups in total. The first kappa shape index (κ1) is 12.1. The van der Waals surface area contributed by atoms with Crippen LogP contribution in [0.2, 0.25) is 5.02 Å². The number of anilines is 1. The van der Waals surface area contributed by atoms with Crippen LogP contribution in [0.3, 0.4) is 0 Å². The van der Waals surface area contributed by atoms with Gasteiger partial charge in [0, 0.05) is 6.07 Å². The Kier molecular flexibility index (Phi) is 4.68. The molecule has 0 aromatic heterocycles. The lowest BCUT2D eigenvalue weighted by molar-refractivity contribution is 0.204. The molecule has 0 unspecified atom stereocenters. The molecule has 1 aromatic carbocycles. The summed E-state index contributed by atoms with van der Waals surface area (Å²) in [6.07, 6.45) is 0. The van der Waals surface area contributed by atoms with Crippen molar-refractivity contribution in [2.24, 2.45) is 0 Å². The molecule has 1 aromatic rings. The molecule has 5 heteroatoms. The van der Waals surface area contributed by atoms with Gasteiger partial charge in [-0.05, 0) is 12.1 Å². The van der Waals surface area contributed by atoms with E-state index < -0.39 is 6.04 Å². The molecule has 0 radical (unpaired) electrons. The summed E-state index contributed by atoms with van der Waals surface area (Å²) in [7, 11) is 1.56. The maximum Gasteiger partial charge on any atom is 0.120 e. The van der Waals surface area contributed by atoms with Crippen molar-refractivity contribution in [3.05, 3.63) is 23.2 Å². The Morgan fingerprint density at radius 2 is 2.07 bits per heavy atom. The topological polar surface area (TPSA) is 61.7 Å². The van der Waals surface area contributed by atoms with Crippen LogP contribution in [0.5, 0.6) is 5.75 Å². The molecule has 0 amide bonds. The summed E-state index contributed by atoms with van der Waals surface area (Å²) < 4.78 is 5.00. The van der Waals surface area contributed by atoms with Gasteiger partial charge in [-0.15, -0.1) is 0 Å². The summed E-state index contributed by atoms with van der Waals surface area (Å²) in [5.41, 5.74) is 0.658. The van der Waals surface area contributed by atoms with Crippen LogP contribution in [0.15, 0.2) is 18.2 Å². The van der Waals surface area contributed by atoms with Crippen molar-refractivity contribution in [1.29, 1.82) is 0 Å². The Morgan fingerprint density at radius 1 is 1.40 bits per heavy atom. The first-order valence-corrected chi connectivity index (χ1v) is 4.90. The van der Waals surface area contributed by atoms with Crippen molar-refractivity contribution >= 4 is 17.3 Å². The van der Waals surface area contributed by atoms with Crippen molar-refractivity contribution < 1.29 is 14.9 Å². The highest BCUT2D eigenvalue weighted by Gasteiger charge is 2.08. The fourth-order valence-corrected chi connectivity index (χ4v) is 1.33. The zero-order chi connectivity index (χ0) is 11.3. The zero-order valence-corrected chi connectivity index (χ0v) is 9.16. The lowest BCUT2D eigenvalue weighted by atomic mass is 10.2. The van der Waals surface area contributed by atoms with Gasteiger partial charge >= 0.3 is 0 Å². The van der Waals surface area contributed by atoms with Crippen LogP contribution < -0.4 is 10.1 Å². The van der Waals surface area contributed by atoms with Crippen LogP contribution in [0, 0.1) is 0 Å². The van der Waals surface area contributed by atoms with Crippen LogP contribution in [-0.4, -0.2) is 36.6 Å². The average Bonchev–Trinajstić information content (AvgIpc) is 2.27. The van der Waals surface area contributed by atoms with Crippen LogP contribution >= 0.6 is 11.6 Å². The zero-order valence-electron chi connectivity index (χ0n) is 8.40. The predicted molar refractivity (Wildman–Crippen MR) is 59.6 cm³/mol. The second kappa shape index (κ2) is 5.80. The first-order chi connectivity index (χ1) is 7.21. The van der Waals surface area contributed by atoms with Gasteiger partial charge in [-0.25, -0.2) is 0 Å². The van der Waals surface area contributed by atoms with Crippen LogP contribution in [0.1, 0.15) is 0 Å². The maximum absolute atomic E-state index is 8.89. The second-order valence-electron chi connectivity index (χ2n) is 3.05. The molecule has 0 fully saturated rings. The fraction of sp³-hybridized carbons (Fsp3) is 0.400. The number of rotatable bonds is 5. The molecule has 0 aliphatic rings. The summed E-state index contributed by atoms with van der Waals surface area (Å²) in [4.78, 5) is 0. The van der Waals surface area contributed by atoms with Crippen molar-refractivity contribution in [3.8, 4) is 5.75 Å². The van der Waals surface area contributed by atoms with E-state index in [4.69, 9.17) is 26.6 Å². The minimum absolute atomic E-state index is 0.154. The van der Waals surface area contributed by atoms with E-state index in [0.29, 0.717) is 16.5 Å². The van der Waals surface area contributed by atoms with Crippen LogP contribution in [-0.2, 0) is 0 Å². The Morgan fingerprint density at radius 3 is 2.53 bits per heavy atom. The van der Waals surface area contributed by atoms with Crippen molar-refractivity contribution in [2.75, 3.05) is 25.6 Å². The number of methoxy groups -OCH3 is 1. The van der Waals surface area contributed by atoms with Gasteiger partial charge in [-0.3, -0.25) is 0 Å². The highest BCUT2D eigenvalue weighted by molar-refractivity contribution is 6.33. The van der Waals surface area contributed by atoms with Gasteiger partial charge in [0.25, 0.3) is 0 Å². The highest BCUT2D eigenvalue weighted by atomic mass is 35.5. The van der Waals surface area contributed by atoms with Crippen LogP contribution in [0.4, 0.5) is 5.69 Å². The Hall–Kier alpha value is -0.970. The molecule has 0 spiro atoms. The third-order valence-corrected chi connectivity index (χ3v) is 2.29. The average molecular weight is 232 g/mol. The van der Waals surface area contributed by atoms with E-state index in [2.05, 4.69) is 5.32 Å². The number of benzene rings is 1. The van der Waals surface area contributed by atoms with Crippen molar-refractivity contribution in [2.45, 2.75) is 6.04 Å². The van der Waals surface area contributed by atoms with E-state index in [1.807, 2.05) is 0 Å². The molecule has 1 rings (SSSR count). The SMILES string of the molecule is COc1ccc(NC(CO)CO)c(Cl)c1. The summed E-state index contributed by atoms with van der Waals surface area (Å²) in [5, 5.41) is 21.2. The summed E-state index contributed by atoms with van der Waals surface area (Å²) >= 11 is 5.96. The van der Waals surface area contributed by atoms with E-state index in [1.165, 1.54) is 0 Å². The van der Waals surface area contributed by atoms with Gasteiger partial charge in [-0.1, -0.05) is 11.6 Å². The number of nitrogens with one attached hydrogen (secondary N) is 1. The number of hydrogen-bond acceptors (Lipinski definition) is 4. The lowest BCUT2D eigenvalue weighted by Crippen LogP contribution is -2.27. The molecular weight excluding hydrogens is 218 g/mol. The number of aliphatic hydroxyl groups is 2. The molecule has 0 bridgehead atoms. The van der Waals surface area contributed by atoms with E-state index >= 15 is 0 Å². The summed E-state index contributed by atoms with van der Waals surface area (Å²) in [6, 6.07) is 4.74. The Bertz CT molecular complexity index is 316. The standard InChI is InChI=1S/C10H14ClNO3/c1-15-8-2-3-10(9(11)4-8)12-7(5-13)6-14/h2-4,7,12-14H,5-6H2,1H3.